The van der Waals surface area contributed by atoms with Gasteiger partial charge in [0.15, 0.2) is 0 Å². The van der Waals surface area contributed by atoms with Crippen molar-refractivity contribution in [3.05, 3.63) is 30.2 Å². The van der Waals surface area contributed by atoms with E-state index in [9.17, 15) is 5.11 Å². The van der Waals surface area contributed by atoms with Crippen molar-refractivity contribution in [1.29, 1.82) is 5.26 Å². The van der Waals surface area contributed by atoms with Crippen LogP contribution in [0.3, 0.4) is 0 Å². The number of hydrogen-bond donors (Lipinski definition) is 1. The summed E-state index contributed by atoms with van der Waals surface area (Å²) >= 11 is 0. The van der Waals surface area contributed by atoms with Gasteiger partial charge in [0.1, 0.15) is 5.75 Å². The number of phenols is 1. The van der Waals surface area contributed by atoms with Crippen molar-refractivity contribution in [2.24, 2.45) is 0 Å². The lowest BCUT2D eigenvalue weighted by molar-refractivity contribution is 0.376. The normalized spacial score (nSPS) is 10.1. The van der Waals surface area contributed by atoms with Crippen LogP contribution in [0.4, 0.5) is 0 Å². The van der Waals surface area contributed by atoms with Crippen LogP contribution in [0.25, 0.3) is 11.4 Å². The highest BCUT2D eigenvalue weighted by Crippen LogP contribution is 2.20. The molecule has 2 aromatic rings. The van der Waals surface area contributed by atoms with Crippen LogP contribution in [-0.2, 0) is 6.42 Å². The summed E-state index contributed by atoms with van der Waals surface area (Å²) in [6.07, 6.45) is 1.78. The summed E-state index contributed by atoms with van der Waals surface area (Å²) in [6, 6.07) is 8.73. The summed E-state index contributed by atoms with van der Waals surface area (Å²) in [5.74, 6) is 1.13. The summed E-state index contributed by atoms with van der Waals surface area (Å²) in [5, 5.41) is 21.6. The molecule has 0 unspecified atom stereocenters. The molecule has 0 saturated carbocycles. The summed E-state index contributed by atoms with van der Waals surface area (Å²) in [4.78, 5) is 4.20. The lowest BCUT2D eigenvalue weighted by Gasteiger charge is -1.94. The van der Waals surface area contributed by atoms with Gasteiger partial charge in [0.05, 0.1) is 6.07 Å². The zero-order valence-corrected chi connectivity index (χ0v) is 9.13. The van der Waals surface area contributed by atoms with Crippen molar-refractivity contribution in [2.45, 2.75) is 19.3 Å². The third-order valence-electron chi connectivity index (χ3n) is 2.25. The molecule has 0 amide bonds. The van der Waals surface area contributed by atoms with Gasteiger partial charge in [-0.1, -0.05) is 17.3 Å². The quantitative estimate of drug-likeness (QED) is 0.813. The number of phenolic OH excluding ortho intramolecular Hbond substituents is 1. The molecule has 0 fully saturated rings. The van der Waals surface area contributed by atoms with Crippen LogP contribution in [0.5, 0.6) is 5.75 Å². The summed E-state index contributed by atoms with van der Waals surface area (Å²) < 4.78 is 5.05. The highest BCUT2D eigenvalue weighted by molar-refractivity contribution is 5.56. The predicted octanol–water partition coefficient (Wildman–Crippen LogP) is 2.29. The summed E-state index contributed by atoms with van der Waals surface area (Å²) in [5.41, 5.74) is 0.709. The van der Waals surface area contributed by atoms with Crippen molar-refractivity contribution in [2.75, 3.05) is 0 Å². The molecular formula is C12H11N3O2. The molecule has 5 nitrogen and oxygen atoms in total. The molecule has 17 heavy (non-hydrogen) atoms. The third kappa shape index (κ3) is 2.82. The number of aromatic nitrogens is 2. The van der Waals surface area contributed by atoms with Gasteiger partial charge in [0.25, 0.3) is 0 Å². The van der Waals surface area contributed by atoms with Gasteiger partial charge < -0.3 is 9.63 Å². The van der Waals surface area contributed by atoms with Crippen LogP contribution in [0.1, 0.15) is 18.7 Å². The fourth-order valence-electron chi connectivity index (χ4n) is 1.44. The van der Waals surface area contributed by atoms with E-state index in [1.54, 1.807) is 24.3 Å². The number of hydrogen-bond acceptors (Lipinski definition) is 5. The Kier molecular flexibility index (Phi) is 3.36. The van der Waals surface area contributed by atoms with E-state index < -0.39 is 0 Å². The van der Waals surface area contributed by atoms with Gasteiger partial charge in [-0.15, -0.1) is 0 Å². The van der Waals surface area contributed by atoms with Crippen LogP contribution >= 0.6 is 0 Å². The Labute approximate surface area is 98.3 Å². The molecule has 0 saturated heterocycles. The van der Waals surface area contributed by atoms with Crippen LogP contribution in [0.2, 0.25) is 0 Å². The Morgan fingerprint density at radius 3 is 3.06 bits per heavy atom. The van der Waals surface area contributed by atoms with E-state index in [1.807, 2.05) is 0 Å². The van der Waals surface area contributed by atoms with Gasteiger partial charge in [-0.3, -0.25) is 0 Å². The SMILES string of the molecule is N#CCCCc1nc(-c2cccc(O)c2)no1. The lowest BCUT2D eigenvalue weighted by Crippen LogP contribution is -1.85. The standard InChI is InChI=1S/C12H11N3O2/c13-7-2-1-6-11-14-12(15-17-11)9-4-3-5-10(16)8-9/h3-5,8,16H,1-2,6H2. The molecule has 86 valence electrons. The van der Waals surface area contributed by atoms with Crippen LogP contribution in [0, 0.1) is 11.3 Å². The number of benzene rings is 1. The molecule has 1 heterocycles. The highest BCUT2D eigenvalue weighted by atomic mass is 16.5. The number of nitrogens with zero attached hydrogens (tertiary/aromatic N) is 3. The fourth-order valence-corrected chi connectivity index (χ4v) is 1.44. The van der Waals surface area contributed by atoms with Crippen LogP contribution in [0.15, 0.2) is 28.8 Å². The summed E-state index contributed by atoms with van der Waals surface area (Å²) in [6.45, 7) is 0. The van der Waals surface area contributed by atoms with Crippen molar-refractivity contribution < 1.29 is 9.63 Å². The average molecular weight is 229 g/mol. The topological polar surface area (TPSA) is 82.9 Å². The Bertz CT molecular complexity index is 543. The van der Waals surface area contributed by atoms with Gasteiger partial charge in [-0.2, -0.15) is 10.2 Å². The predicted molar refractivity (Wildman–Crippen MR) is 59.9 cm³/mol. The number of unbranched alkanes of at least 4 members (excludes halogenated alkanes) is 1. The molecule has 0 aliphatic heterocycles. The van der Waals surface area contributed by atoms with E-state index in [0.717, 1.165) is 0 Å². The van der Waals surface area contributed by atoms with E-state index in [0.29, 0.717) is 36.5 Å². The molecular weight excluding hydrogens is 218 g/mol. The molecule has 0 spiro atoms. The van der Waals surface area contributed by atoms with E-state index in [-0.39, 0.29) is 5.75 Å². The smallest absolute Gasteiger partial charge is 0.226 e. The zero-order chi connectivity index (χ0) is 12.1. The Hall–Kier alpha value is -2.35. The van der Waals surface area contributed by atoms with E-state index >= 15 is 0 Å². The summed E-state index contributed by atoms with van der Waals surface area (Å²) in [7, 11) is 0. The van der Waals surface area contributed by atoms with Crippen LogP contribution < -0.4 is 0 Å². The first-order chi connectivity index (χ1) is 8.29. The van der Waals surface area contributed by atoms with Gasteiger partial charge >= 0.3 is 0 Å². The molecule has 5 heteroatoms. The first kappa shape index (κ1) is 11.1. The molecule has 2 rings (SSSR count). The fraction of sp³-hybridized carbons (Fsp3) is 0.250. The zero-order valence-electron chi connectivity index (χ0n) is 9.13. The largest absolute Gasteiger partial charge is 0.508 e. The van der Waals surface area contributed by atoms with Crippen molar-refractivity contribution in [3.8, 4) is 23.2 Å². The van der Waals surface area contributed by atoms with Crippen LogP contribution in [-0.4, -0.2) is 15.2 Å². The van der Waals surface area contributed by atoms with E-state index in [4.69, 9.17) is 9.78 Å². The molecule has 1 aromatic carbocycles. The second-order valence-corrected chi connectivity index (χ2v) is 3.57. The molecule has 0 bridgehead atoms. The minimum absolute atomic E-state index is 0.165. The Morgan fingerprint density at radius 1 is 1.41 bits per heavy atom. The number of aryl methyl sites for hydroxylation is 1. The second-order valence-electron chi connectivity index (χ2n) is 3.57. The molecule has 1 N–H and O–H groups in total. The highest BCUT2D eigenvalue weighted by Gasteiger charge is 2.08. The molecule has 1 aromatic heterocycles. The Balaban J connectivity index is 2.10. The maximum atomic E-state index is 9.33. The average Bonchev–Trinajstić information content (AvgIpc) is 2.78. The monoisotopic (exact) mass is 229 g/mol. The number of nitriles is 1. The molecule has 0 aliphatic rings. The number of rotatable bonds is 4. The Morgan fingerprint density at radius 2 is 2.29 bits per heavy atom. The first-order valence-electron chi connectivity index (χ1n) is 5.28. The maximum absolute atomic E-state index is 9.33. The van der Waals surface area contributed by atoms with Gasteiger partial charge in [-0.25, -0.2) is 0 Å². The van der Waals surface area contributed by atoms with E-state index in [1.165, 1.54) is 0 Å². The van der Waals surface area contributed by atoms with Gasteiger partial charge in [0, 0.05) is 18.4 Å². The van der Waals surface area contributed by atoms with E-state index in [2.05, 4.69) is 16.2 Å². The second kappa shape index (κ2) is 5.12. The van der Waals surface area contributed by atoms with Crippen molar-refractivity contribution >= 4 is 0 Å². The number of aromatic hydroxyl groups is 1. The van der Waals surface area contributed by atoms with Crippen molar-refractivity contribution in [1.82, 2.24) is 10.1 Å². The first-order valence-corrected chi connectivity index (χ1v) is 5.28. The molecule has 0 aliphatic carbocycles. The van der Waals surface area contributed by atoms with Crippen molar-refractivity contribution in [3.63, 3.8) is 0 Å². The minimum Gasteiger partial charge on any atom is -0.508 e. The third-order valence-corrected chi connectivity index (χ3v) is 2.25. The maximum Gasteiger partial charge on any atom is 0.226 e. The minimum atomic E-state index is 0.165. The molecule has 0 radical (unpaired) electrons. The van der Waals surface area contributed by atoms with Gasteiger partial charge in [-0.05, 0) is 18.6 Å². The lowest BCUT2D eigenvalue weighted by atomic mass is 10.2. The van der Waals surface area contributed by atoms with Gasteiger partial charge in [0.2, 0.25) is 11.7 Å². The molecule has 0 atom stereocenters.